The summed E-state index contributed by atoms with van der Waals surface area (Å²) in [7, 11) is 0. The van der Waals surface area contributed by atoms with Crippen LogP contribution in [0.5, 0.6) is 0 Å². The first-order valence-electron chi connectivity index (χ1n) is 11.0. The van der Waals surface area contributed by atoms with Crippen molar-refractivity contribution in [2.24, 2.45) is 0 Å². The molecule has 2 saturated heterocycles. The number of halogens is 1. The van der Waals surface area contributed by atoms with Gasteiger partial charge in [-0.1, -0.05) is 0 Å². The molecule has 0 aromatic carbocycles. The second-order valence-electron chi connectivity index (χ2n) is 8.37. The van der Waals surface area contributed by atoms with Crippen LogP contribution < -0.4 is 20.0 Å². The van der Waals surface area contributed by atoms with E-state index in [1.807, 2.05) is 16.7 Å². The van der Waals surface area contributed by atoms with Crippen molar-refractivity contribution in [3.8, 4) is 0 Å². The molecule has 2 N–H and O–H groups in total. The zero-order valence-electron chi connectivity index (χ0n) is 18.5. The van der Waals surface area contributed by atoms with Crippen molar-refractivity contribution in [3.05, 3.63) is 54.5 Å². The van der Waals surface area contributed by atoms with Gasteiger partial charge in [-0.05, 0) is 19.1 Å². The molecule has 0 radical (unpaired) electrons. The van der Waals surface area contributed by atoms with Gasteiger partial charge in [0.2, 0.25) is 5.95 Å². The summed E-state index contributed by atoms with van der Waals surface area (Å²) in [5.74, 6) is 1.49. The Bertz CT molecular complexity index is 1140. The van der Waals surface area contributed by atoms with Gasteiger partial charge in [0.15, 0.2) is 11.6 Å². The summed E-state index contributed by atoms with van der Waals surface area (Å²) in [5.41, 5.74) is 0.406. The highest BCUT2D eigenvalue weighted by atomic mass is 19.1. The summed E-state index contributed by atoms with van der Waals surface area (Å²) < 4.78 is 13.1. The monoisotopic (exact) mass is 465 g/mol. The number of β-amino-alcohol motifs (C(OH)–C–C–N with tert-alkyl or cyclic N) is 1. The minimum atomic E-state index is -0.460. The molecular weight excluding hydrogens is 441 g/mol. The quantitative estimate of drug-likeness (QED) is 0.563. The van der Waals surface area contributed by atoms with E-state index in [1.54, 1.807) is 18.3 Å². The third-order valence-corrected chi connectivity index (χ3v) is 5.89. The van der Waals surface area contributed by atoms with Gasteiger partial charge in [-0.2, -0.15) is 0 Å². The molecule has 0 bridgehead atoms. The van der Waals surface area contributed by atoms with E-state index in [-0.39, 0.29) is 18.1 Å². The zero-order valence-corrected chi connectivity index (χ0v) is 18.5. The molecule has 2 aliphatic heterocycles. The summed E-state index contributed by atoms with van der Waals surface area (Å²) in [4.78, 5) is 39.8. The summed E-state index contributed by atoms with van der Waals surface area (Å²) in [6.45, 7) is 5.16. The van der Waals surface area contributed by atoms with Gasteiger partial charge in [-0.15, -0.1) is 0 Å². The maximum Gasteiger partial charge on any atom is 0.258 e. The van der Waals surface area contributed by atoms with Crippen LogP contribution in [0.15, 0.2) is 43.1 Å². The van der Waals surface area contributed by atoms with Crippen molar-refractivity contribution < 1.29 is 14.3 Å². The highest BCUT2D eigenvalue weighted by Gasteiger charge is 2.27. The molecule has 0 spiro atoms. The van der Waals surface area contributed by atoms with E-state index in [9.17, 15) is 14.3 Å². The van der Waals surface area contributed by atoms with Crippen LogP contribution >= 0.6 is 0 Å². The van der Waals surface area contributed by atoms with Gasteiger partial charge in [-0.3, -0.25) is 4.79 Å². The molecule has 0 unspecified atom stereocenters. The average Bonchev–Trinajstić information content (AvgIpc) is 2.83. The Kier molecular flexibility index (Phi) is 5.88. The predicted molar refractivity (Wildman–Crippen MR) is 123 cm³/mol. The van der Waals surface area contributed by atoms with Crippen molar-refractivity contribution in [2.45, 2.75) is 19.1 Å². The maximum atomic E-state index is 13.1. The SMILES string of the molecule is C[C@H]1CN(c2cnc(NC(=O)c3ccc(N4CC(O)C4)nc3)cn2)CCN1c1ncc(F)cn1. The Balaban J connectivity index is 1.17. The Hall–Kier alpha value is -3.93. The van der Waals surface area contributed by atoms with E-state index in [0.29, 0.717) is 55.9 Å². The Morgan fingerprint density at radius 2 is 1.71 bits per heavy atom. The number of hydrogen-bond acceptors (Lipinski definition) is 10. The van der Waals surface area contributed by atoms with Crippen LogP contribution in [-0.4, -0.2) is 80.8 Å². The van der Waals surface area contributed by atoms with Crippen LogP contribution in [0.4, 0.5) is 27.8 Å². The van der Waals surface area contributed by atoms with Gasteiger partial charge in [0.05, 0.1) is 36.5 Å². The minimum absolute atomic E-state index is 0.0930. The maximum absolute atomic E-state index is 13.1. The number of aliphatic hydroxyl groups is 1. The molecule has 5 heterocycles. The highest BCUT2D eigenvalue weighted by molar-refractivity contribution is 6.03. The normalized spacial score (nSPS) is 18.6. The number of nitrogens with zero attached hydrogens (tertiary/aromatic N) is 8. The first-order chi connectivity index (χ1) is 16.5. The summed E-state index contributed by atoms with van der Waals surface area (Å²) in [6, 6.07) is 3.54. The molecule has 5 rings (SSSR count). The second kappa shape index (κ2) is 9.14. The second-order valence-corrected chi connectivity index (χ2v) is 8.37. The van der Waals surface area contributed by atoms with Gasteiger partial charge in [0.25, 0.3) is 5.91 Å². The molecule has 11 nitrogen and oxygen atoms in total. The van der Waals surface area contributed by atoms with Crippen molar-refractivity contribution in [3.63, 3.8) is 0 Å². The average molecular weight is 465 g/mol. The van der Waals surface area contributed by atoms with Crippen molar-refractivity contribution >= 4 is 29.3 Å². The number of carbonyl (C=O) groups is 1. The molecular formula is C22H24FN9O2. The topological polar surface area (TPSA) is 124 Å². The van der Waals surface area contributed by atoms with Crippen molar-refractivity contribution in [1.82, 2.24) is 24.9 Å². The van der Waals surface area contributed by atoms with Crippen LogP contribution in [-0.2, 0) is 0 Å². The van der Waals surface area contributed by atoms with E-state index >= 15 is 0 Å². The molecule has 2 fully saturated rings. The van der Waals surface area contributed by atoms with Gasteiger partial charge in [0.1, 0.15) is 11.6 Å². The molecule has 1 atom stereocenters. The molecule has 34 heavy (non-hydrogen) atoms. The standard InChI is InChI=1S/C22H24FN9O2/c1-14-11-30(4-5-32(14)22-27-7-16(23)8-28-22)20-10-24-18(9-26-20)29-21(34)15-2-3-19(25-6-15)31-12-17(33)13-31/h2-3,6-10,14,17,33H,4-5,11-13H2,1H3,(H,24,29,34)/t14-/m0/s1. The number of piperazine rings is 1. The number of nitrogens with one attached hydrogen (secondary N) is 1. The third-order valence-electron chi connectivity index (χ3n) is 5.89. The summed E-state index contributed by atoms with van der Waals surface area (Å²) in [6.07, 6.45) is 6.67. The smallest absolute Gasteiger partial charge is 0.258 e. The first kappa shape index (κ1) is 21.9. The van der Waals surface area contributed by atoms with Crippen LogP contribution in [0.1, 0.15) is 17.3 Å². The highest BCUT2D eigenvalue weighted by Crippen LogP contribution is 2.21. The number of hydrogen-bond donors (Lipinski definition) is 2. The number of aromatic nitrogens is 5. The lowest BCUT2D eigenvalue weighted by Crippen LogP contribution is -2.53. The van der Waals surface area contributed by atoms with E-state index in [1.165, 1.54) is 24.8 Å². The fourth-order valence-corrected chi connectivity index (χ4v) is 4.00. The Morgan fingerprint density at radius 1 is 0.941 bits per heavy atom. The number of anilines is 4. The van der Waals surface area contributed by atoms with Crippen LogP contribution in [0.3, 0.4) is 0 Å². The fraction of sp³-hybridized carbons (Fsp3) is 0.364. The predicted octanol–water partition coefficient (Wildman–Crippen LogP) is 0.949. The molecule has 1 amide bonds. The van der Waals surface area contributed by atoms with Crippen LogP contribution in [0.2, 0.25) is 0 Å². The fourth-order valence-electron chi connectivity index (χ4n) is 4.00. The van der Waals surface area contributed by atoms with Crippen molar-refractivity contribution in [1.29, 1.82) is 0 Å². The Labute approximate surface area is 195 Å². The van der Waals surface area contributed by atoms with E-state index in [4.69, 9.17) is 0 Å². The molecule has 2 aliphatic rings. The molecule has 0 saturated carbocycles. The number of aliphatic hydroxyl groups excluding tert-OH is 1. The largest absolute Gasteiger partial charge is 0.389 e. The number of pyridine rings is 1. The molecule has 176 valence electrons. The molecule has 3 aromatic heterocycles. The lowest BCUT2D eigenvalue weighted by atomic mass is 10.1. The molecule has 12 heteroatoms. The van der Waals surface area contributed by atoms with Gasteiger partial charge in [-0.25, -0.2) is 29.3 Å². The minimum Gasteiger partial charge on any atom is -0.389 e. The lowest BCUT2D eigenvalue weighted by molar-refractivity contribution is 0.102. The van der Waals surface area contributed by atoms with E-state index in [2.05, 4.69) is 35.1 Å². The molecule has 0 aliphatic carbocycles. The van der Waals surface area contributed by atoms with Crippen LogP contribution in [0.25, 0.3) is 0 Å². The van der Waals surface area contributed by atoms with E-state index < -0.39 is 5.82 Å². The summed E-state index contributed by atoms with van der Waals surface area (Å²) in [5, 5.41) is 12.1. The van der Waals surface area contributed by atoms with Gasteiger partial charge in [0, 0.05) is 45.0 Å². The van der Waals surface area contributed by atoms with Gasteiger partial charge < -0.3 is 25.1 Å². The first-order valence-corrected chi connectivity index (χ1v) is 11.0. The third kappa shape index (κ3) is 4.57. The molecule has 3 aromatic rings. The van der Waals surface area contributed by atoms with Gasteiger partial charge >= 0.3 is 0 Å². The number of amides is 1. The van der Waals surface area contributed by atoms with Crippen molar-refractivity contribution in [2.75, 3.05) is 52.7 Å². The number of carbonyl (C=O) groups excluding carboxylic acids is 1. The van der Waals surface area contributed by atoms with E-state index in [0.717, 1.165) is 5.82 Å². The lowest BCUT2D eigenvalue weighted by Gasteiger charge is -2.40. The van der Waals surface area contributed by atoms with Crippen LogP contribution in [0, 0.1) is 5.82 Å². The summed E-state index contributed by atoms with van der Waals surface area (Å²) >= 11 is 0. The Morgan fingerprint density at radius 3 is 2.32 bits per heavy atom. The number of rotatable bonds is 5. The zero-order chi connectivity index (χ0) is 23.7.